The number of alkyl halides is 2. The maximum Gasteiger partial charge on any atom is 0.182 e. The van der Waals surface area contributed by atoms with Crippen molar-refractivity contribution in [2.24, 2.45) is 0 Å². The predicted molar refractivity (Wildman–Crippen MR) is 39.0 cm³/mol. The normalized spacial score (nSPS) is 13.9. The topological polar surface area (TPSA) is 29.1 Å². The zero-order valence-corrected chi connectivity index (χ0v) is 6.83. The van der Waals surface area contributed by atoms with E-state index in [-0.39, 0.29) is 11.8 Å². The first-order chi connectivity index (χ1) is 4.09. The van der Waals surface area contributed by atoms with Gasteiger partial charge < -0.3 is 5.32 Å². The van der Waals surface area contributed by atoms with Crippen LogP contribution in [0.1, 0.15) is 6.92 Å². The van der Waals surface area contributed by atoms with Crippen LogP contribution in [0.25, 0.3) is 0 Å². The fraction of sp³-hybridized carbons (Fsp3) is 0.800. The van der Waals surface area contributed by atoms with Gasteiger partial charge in [-0.05, 0) is 14.0 Å². The molecule has 0 spiro atoms. The van der Waals surface area contributed by atoms with E-state index in [1.54, 1.807) is 14.0 Å². The number of carbonyl (C=O) groups excluding carboxylic acids is 1. The van der Waals surface area contributed by atoms with E-state index in [2.05, 4.69) is 5.32 Å². The quantitative estimate of drug-likeness (QED) is 0.639. The highest BCUT2D eigenvalue weighted by molar-refractivity contribution is 6.54. The van der Waals surface area contributed by atoms with Crippen molar-refractivity contribution in [3.63, 3.8) is 0 Å². The van der Waals surface area contributed by atoms with E-state index in [1.165, 1.54) is 0 Å². The number of hydrogen-bond acceptors (Lipinski definition) is 2. The number of ketones is 1. The first kappa shape index (κ1) is 9.21. The molecule has 0 aliphatic carbocycles. The number of halogens is 2. The number of Topliss-reactive ketones (excluding diaryl/α,β-unsaturated/α-hetero) is 1. The Kier molecular flexibility index (Phi) is 4.19. The van der Waals surface area contributed by atoms with Gasteiger partial charge in [0.25, 0.3) is 0 Å². The third kappa shape index (κ3) is 3.04. The average molecular weight is 170 g/mol. The molecule has 0 heterocycles. The summed E-state index contributed by atoms with van der Waals surface area (Å²) in [5.41, 5.74) is 0. The third-order valence-corrected chi connectivity index (χ3v) is 1.51. The summed E-state index contributed by atoms with van der Waals surface area (Å²) in [6.45, 7) is 1.71. The first-order valence-corrected chi connectivity index (χ1v) is 3.46. The smallest absolute Gasteiger partial charge is 0.182 e. The standard InChI is InChI=1S/C5H9Cl2NO/c1-3(8-2)4(9)5(6)7/h3,5,8H,1-2H3. The lowest BCUT2D eigenvalue weighted by Crippen LogP contribution is -2.34. The number of rotatable bonds is 3. The molecular formula is C5H9Cl2NO. The van der Waals surface area contributed by atoms with Crippen LogP contribution in [0.5, 0.6) is 0 Å². The van der Waals surface area contributed by atoms with Crippen LogP contribution in [-0.2, 0) is 4.79 Å². The van der Waals surface area contributed by atoms with Crippen LogP contribution in [0.2, 0.25) is 0 Å². The zero-order valence-electron chi connectivity index (χ0n) is 5.32. The molecule has 2 nitrogen and oxygen atoms in total. The van der Waals surface area contributed by atoms with Crippen molar-refractivity contribution in [3.05, 3.63) is 0 Å². The minimum atomic E-state index is -0.910. The second-order valence-corrected chi connectivity index (χ2v) is 2.81. The van der Waals surface area contributed by atoms with Gasteiger partial charge >= 0.3 is 0 Å². The molecule has 0 saturated carbocycles. The van der Waals surface area contributed by atoms with Gasteiger partial charge in [-0.3, -0.25) is 4.79 Å². The predicted octanol–water partition coefficient (Wildman–Crippen LogP) is 0.967. The Morgan fingerprint density at radius 3 is 2.11 bits per heavy atom. The van der Waals surface area contributed by atoms with Gasteiger partial charge in [0.2, 0.25) is 0 Å². The number of hydrogen-bond donors (Lipinski definition) is 1. The summed E-state index contributed by atoms with van der Waals surface area (Å²) in [5.74, 6) is -0.194. The van der Waals surface area contributed by atoms with Crippen molar-refractivity contribution >= 4 is 29.0 Å². The van der Waals surface area contributed by atoms with Gasteiger partial charge in [-0.2, -0.15) is 0 Å². The molecule has 0 saturated heterocycles. The van der Waals surface area contributed by atoms with E-state index in [1.807, 2.05) is 0 Å². The average Bonchev–Trinajstić information content (AvgIpc) is 1.84. The molecule has 0 radical (unpaired) electrons. The largest absolute Gasteiger partial charge is 0.311 e. The van der Waals surface area contributed by atoms with E-state index in [9.17, 15) is 4.79 Å². The molecule has 1 unspecified atom stereocenters. The Hall–Kier alpha value is 0.210. The van der Waals surface area contributed by atoms with E-state index < -0.39 is 4.84 Å². The number of likely N-dealkylation sites (N-methyl/N-ethyl adjacent to an activating group) is 1. The Morgan fingerprint density at radius 1 is 1.56 bits per heavy atom. The third-order valence-electron chi connectivity index (χ3n) is 1.07. The van der Waals surface area contributed by atoms with Gasteiger partial charge in [-0.1, -0.05) is 23.2 Å². The van der Waals surface area contributed by atoms with Crippen LogP contribution in [0.15, 0.2) is 0 Å². The lowest BCUT2D eigenvalue weighted by molar-refractivity contribution is -0.118. The Morgan fingerprint density at radius 2 is 2.00 bits per heavy atom. The van der Waals surface area contributed by atoms with E-state index in [4.69, 9.17) is 23.2 Å². The van der Waals surface area contributed by atoms with Gasteiger partial charge in [-0.15, -0.1) is 0 Å². The van der Waals surface area contributed by atoms with Crippen LogP contribution in [-0.4, -0.2) is 23.7 Å². The SMILES string of the molecule is CNC(C)C(=O)C(Cl)Cl. The van der Waals surface area contributed by atoms with Crippen LogP contribution in [0.4, 0.5) is 0 Å². The summed E-state index contributed by atoms with van der Waals surface area (Å²) in [7, 11) is 1.68. The van der Waals surface area contributed by atoms with E-state index >= 15 is 0 Å². The lowest BCUT2D eigenvalue weighted by Gasteiger charge is -2.07. The van der Waals surface area contributed by atoms with Gasteiger partial charge in [0.05, 0.1) is 6.04 Å². The minimum absolute atomic E-state index is 0.194. The zero-order chi connectivity index (χ0) is 7.44. The summed E-state index contributed by atoms with van der Waals surface area (Å²) in [4.78, 5) is 9.84. The van der Waals surface area contributed by atoms with Crippen molar-refractivity contribution < 1.29 is 4.79 Å². The molecule has 9 heavy (non-hydrogen) atoms. The molecule has 0 aliphatic heterocycles. The maximum absolute atomic E-state index is 10.7. The second kappa shape index (κ2) is 4.09. The molecule has 0 aromatic carbocycles. The lowest BCUT2D eigenvalue weighted by atomic mass is 10.2. The highest BCUT2D eigenvalue weighted by atomic mass is 35.5. The molecule has 1 N–H and O–H groups in total. The molecule has 0 aromatic heterocycles. The Bertz CT molecular complexity index is 105. The van der Waals surface area contributed by atoms with Crippen LogP contribution < -0.4 is 5.32 Å². The van der Waals surface area contributed by atoms with E-state index in [0.29, 0.717) is 0 Å². The van der Waals surface area contributed by atoms with Crippen molar-refractivity contribution in [3.8, 4) is 0 Å². The molecule has 1 atom stereocenters. The summed E-state index contributed by atoms with van der Waals surface area (Å²) in [5, 5.41) is 2.73. The van der Waals surface area contributed by atoms with Crippen LogP contribution >= 0.6 is 23.2 Å². The highest BCUT2D eigenvalue weighted by Crippen LogP contribution is 2.04. The monoisotopic (exact) mass is 169 g/mol. The fourth-order valence-corrected chi connectivity index (χ4v) is 0.709. The van der Waals surface area contributed by atoms with Crippen molar-refractivity contribution in [1.29, 1.82) is 0 Å². The minimum Gasteiger partial charge on any atom is -0.311 e. The summed E-state index contributed by atoms with van der Waals surface area (Å²) >= 11 is 10.6. The van der Waals surface area contributed by atoms with Gasteiger partial charge in [0, 0.05) is 0 Å². The molecule has 0 rings (SSSR count). The molecule has 0 amide bonds. The highest BCUT2D eigenvalue weighted by Gasteiger charge is 2.17. The summed E-state index contributed by atoms with van der Waals surface area (Å²) < 4.78 is 0. The molecular weight excluding hydrogens is 161 g/mol. The molecule has 0 aromatic rings. The van der Waals surface area contributed by atoms with Crippen molar-refractivity contribution in [1.82, 2.24) is 5.32 Å². The maximum atomic E-state index is 10.7. The molecule has 0 fully saturated rings. The van der Waals surface area contributed by atoms with Crippen LogP contribution in [0, 0.1) is 0 Å². The van der Waals surface area contributed by atoms with Gasteiger partial charge in [0.1, 0.15) is 0 Å². The van der Waals surface area contributed by atoms with Crippen molar-refractivity contribution in [2.75, 3.05) is 7.05 Å². The van der Waals surface area contributed by atoms with Gasteiger partial charge in [-0.25, -0.2) is 0 Å². The molecule has 0 aliphatic rings. The van der Waals surface area contributed by atoms with Gasteiger partial charge in [0.15, 0.2) is 10.6 Å². The van der Waals surface area contributed by atoms with Crippen LogP contribution in [0.3, 0.4) is 0 Å². The first-order valence-electron chi connectivity index (χ1n) is 2.58. The molecule has 4 heteroatoms. The second-order valence-electron chi connectivity index (χ2n) is 1.71. The number of carbonyl (C=O) groups is 1. The van der Waals surface area contributed by atoms with Crippen molar-refractivity contribution in [2.45, 2.75) is 17.8 Å². The van der Waals surface area contributed by atoms with E-state index in [0.717, 1.165) is 0 Å². The summed E-state index contributed by atoms with van der Waals surface area (Å²) in [6.07, 6.45) is 0. The fourth-order valence-electron chi connectivity index (χ4n) is 0.331. The summed E-state index contributed by atoms with van der Waals surface area (Å²) in [6, 6.07) is -0.259. The molecule has 54 valence electrons. The Labute approximate surface area is 64.5 Å². The Balaban J connectivity index is 3.73. The molecule has 0 bridgehead atoms. The number of nitrogens with one attached hydrogen (secondary N) is 1.